The fourth-order valence-electron chi connectivity index (χ4n) is 11.6. The van der Waals surface area contributed by atoms with Crippen LogP contribution in [0, 0.1) is 56.7 Å². The molecule has 3 nitrogen and oxygen atoms in total. The average Bonchev–Trinajstić information content (AvgIpc) is 3.16. The normalized spacial score (nSPS) is 50.4. The summed E-state index contributed by atoms with van der Waals surface area (Å²) in [4.78, 5) is 24.8. The van der Waals surface area contributed by atoms with Gasteiger partial charge in [0.1, 0.15) is 5.78 Å². The second kappa shape index (κ2) is 7.94. The van der Waals surface area contributed by atoms with E-state index in [1.54, 1.807) is 6.92 Å². The van der Waals surface area contributed by atoms with E-state index >= 15 is 0 Å². The van der Waals surface area contributed by atoms with Crippen LogP contribution in [0.5, 0.6) is 0 Å². The van der Waals surface area contributed by atoms with E-state index in [9.17, 15) is 9.59 Å². The van der Waals surface area contributed by atoms with E-state index in [-0.39, 0.29) is 27.6 Å². The summed E-state index contributed by atoms with van der Waals surface area (Å²) in [7, 11) is 0. The van der Waals surface area contributed by atoms with Crippen LogP contribution in [-0.4, -0.2) is 18.4 Å². The zero-order valence-corrected chi connectivity index (χ0v) is 23.6. The lowest BCUT2D eigenvalue weighted by Crippen LogP contribution is -2.66. The first-order valence-corrected chi connectivity index (χ1v) is 14.5. The standard InChI is InChI=1S/C32H50O3/c1-20(2)22-11-16-32(19-35-21(3)33)18-17-30(7)23(27(22)32)9-10-25-29(6)14-13-26(34)28(4,5)24(29)12-15-31(25,30)8/h22-25,27H,1,9-19H2,2-8H3/t22-,23+,24-,25+,27-,29-,30+,31+,32+/m0/s1. The Kier molecular flexibility index (Phi) is 5.79. The molecule has 0 heterocycles. The molecule has 0 aromatic rings. The van der Waals surface area contributed by atoms with E-state index in [1.807, 2.05) is 0 Å². The number of hydrogen-bond acceptors (Lipinski definition) is 3. The number of carbonyl (C=O) groups is 2. The highest BCUT2D eigenvalue weighted by Crippen LogP contribution is 2.77. The number of ketones is 1. The van der Waals surface area contributed by atoms with Gasteiger partial charge in [-0.05, 0) is 111 Å². The summed E-state index contributed by atoms with van der Waals surface area (Å²) < 4.78 is 5.78. The number of esters is 1. The van der Waals surface area contributed by atoms with Crippen molar-refractivity contribution in [2.45, 2.75) is 113 Å². The van der Waals surface area contributed by atoms with Gasteiger partial charge in [0, 0.05) is 24.2 Å². The molecule has 5 rings (SSSR count). The van der Waals surface area contributed by atoms with Crippen molar-refractivity contribution in [1.82, 2.24) is 0 Å². The van der Waals surface area contributed by atoms with Gasteiger partial charge in [-0.1, -0.05) is 46.8 Å². The van der Waals surface area contributed by atoms with Gasteiger partial charge in [-0.2, -0.15) is 0 Å². The Bertz CT molecular complexity index is 933. The molecule has 5 saturated carbocycles. The van der Waals surface area contributed by atoms with Gasteiger partial charge in [-0.3, -0.25) is 9.59 Å². The Morgan fingerprint density at radius 2 is 1.60 bits per heavy atom. The van der Waals surface area contributed by atoms with Crippen LogP contribution >= 0.6 is 0 Å². The lowest BCUT2D eigenvalue weighted by Gasteiger charge is -2.72. The first-order valence-electron chi connectivity index (χ1n) is 14.5. The van der Waals surface area contributed by atoms with E-state index in [4.69, 9.17) is 4.74 Å². The van der Waals surface area contributed by atoms with Crippen LogP contribution < -0.4 is 0 Å². The van der Waals surface area contributed by atoms with E-state index in [0.29, 0.717) is 47.4 Å². The van der Waals surface area contributed by atoms with Crippen molar-refractivity contribution in [3.05, 3.63) is 12.2 Å². The van der Waals surface area contributed by atoms with E-state index < -0.39 is 0 Å². The Hall–Kier alpha value is -1.12. The summed E-state index contributed by atoms with van der Waals surface area (Å²) in [5, 5.41) is 0. The Labute approximate surface area is 214 Å². The van der Waals surface area contributed by atoms with Gasteiger partial charge in [-0.25, -0.2) is 0 Å². The lowest BCUT2D eigenvalue weighted by atomic mass is 9.32. The van der Waals surface area contributed by atoms with Crippen LogP contribution in [0.15, 0.2) is 12.2 Å². The van der Waals surface area contributed by atoms with E-state index in [0.717, 1.165) is 12.8 Å². The zero-order valence-electron chi connectivity index (χ0n) is 23.6. The maximum absolute atomic E-state index is 13.0. The Morgan fingerprint density at radius 1 is 0.886 bits per heavy atom. The predicted octanol–water partition coefficient (Wildman–Crippen LogP) is 7.78. The largest absolute Gasteiger partial charge is 0.465 e. The molecule has 196 valence electrons. The van der Waals surface area contributed by atoms with Crippen molar-refractivity contribution in [2.75, 3.05) is 6.61 Å². The third-order valence-electron chi connectivity index (χ3n) is 13.5. The van der Waals surface area contributed by atoms with E-state index in [2.05, 4.69) is 48.1 Å². The number of allylic oxidation sites excluding steroid dienone is 1. The molecule has 0 N–H and O–H groups in total. The zero-order chi connectivity index (χ0) is 25.6. The molecule has 0 aliphatic heterocycles. The van der Waals surface area contributed by atoms with Crippen molar-refractivity contribution < 1.29 is 14.3 Å². The molecule has 0 radical (unpaired) electrons. The van der Waals surface area contributed by atoms with Crippen LogP contribution in [-0.2, 0) is 14.3 Å². The van der Waals surface area contributed by atoms with Gasteiger partial charge >= 0.3 is 5.97 Å². The van der Waals surface area contributed by atoms with Gasteiger partial charge in [0.15, 0.2) is 0 Å². The Balaban J connectivity index is 1.53. The van der Waals surface area contributed by atoms with Crippen LogP contribution in [0.3, 0.4) is 0 Å². The molecule has 3 heteroatoms. The average molecular weight is 483 g/mol. The maximum Gasteiger partial charge on any atom is 0.302 e. The molecule has 9 atom stereocenters. The lowest BCUT2D eigenvalue weighted by molar-refractivity contribution is -0.237. The Morgan fingerprint density at radius 3 is 2.26 bits per heavy atom. The molecule has 0 spiro atoms. The fourth-order valence-corrected chi connectivity index (χ4v) is 11.6. The van der Waals surface area contributed by atoms with Crippen molar-refractivity contribution in [3.8, 4) is 0 Å². The second-order valence-corrected chi connectivity index (χ2v) is 15.0. The molecule has 5 fully saturated rings. The molecule has 35 heavy (non-hydrogen) atoms. The van der Waals surface area contributed by atoms with Crippen LogP contribution in [0.1, 0.15) is 113 Å². The molecule has 5 aliphatic carbocycles. The second-order valence-electron chi connectivity index (χ2n) is 15.0. The molecular weight excluding hydrogens is 432 g/mol. The van der Waals surface area contributed by atoms with Crippen molar-refractivity contribution in [2.24, 2.45) is 56.7 Å². The van der Waals surface area contributed by atoms with Crippen molar-refractivity contribution in [1.29, 1.82) is 0 Å². The number of ether oxygens (including phenoxy) is 1. The van der Waals surface area contributed by atoms with Gasteiger partial charge < -0.3 is 4.74 Å². The summed E-state index contributed by atoms with van der Waals surface area (Å²) in [6.07, 6.45) is 11.6. The van der Waals surface area contributed by atoms with Crippen LogP contribution in [0.4, 0.5) is 0 Å². The number of rotatable bonds is 3. The SMILES string of the molecule is C=C(C)[C@@H]1CC[C@]2(COC(C)=O)CC[C@]3(C)[C@H](CC[C@@H]4[C@@]5(C)CCC(=O)C(C)(C)[C@@H]5CC[C@]43C)[C@H]12. The predicted molar refractivity (Wildman–Crippen MR) is 141 cm³/mol. The molecule has 0 bridgehead atoms. The van der Waals surface area contributed by atoms with Gasteiger partial charge in [0.25, 0.3) is 0 Å². The maximum atomic E-state index is 13.0. The molecule has 0 aromatic heterocycles. The molecular formula is C32H50O3. The molecule has 5 aliphatic rings. The summed E-state index contributed by atoms with van der Waals surface area (Å²) in [6.45, 7) is 21.2. The molecule has 0 saturated heterocycles. The quantitative estimate of drug-likeness (QED) is 0.305. The highest BCUT2D eigenvalue weighted by atomic mass is 16.5. The monoisotopic (exact) mass is 482 g/mol. The van der Waals surface area contributed by atoms with Crippen LogP contribution in [0.2, 0.25) is 0 Å². The third-order valence-corrected chi connectivity index (χ3v) is 13.5. The third kappa shape index (κ3) is 3.27. The highest BCUT2D eigenvalue weighted by Gasteiger charge is 2.71. The first kappa shape index (κ1) is 25.5. The van der Waals surface area contributed by atoms with Crippen LogP contribution in [0.25, 0.3) is 0 Å². The smallest absolute Gasteiger partial charge is 0.302 e. The number of fused-ring (bicyclic) bond motifs is 7. The fraction of sp³-hybridized carbons (Fsp3) is 0.875. The minimum atomic E-state index is -0.186. The van der Waals surface area contributed by atoms with Crippen molar-refractivity contribution >= 4 is 11.8 Å². The first-order chi connectivity index (χ1) is 16.2. The molecule has 0 aromatic carbocycles. The summed E-state index contributed by atoms with van der Waals surface area (Å²) in [6, 6.07) is 0. The minimum Gasteiger partial charge on any atom is -0.465 e. The number of Topliss-reactive ketones (excluding diaryl/α,β-unsaturated/α-hetero) is 1. The van der Waals surface area contributed by atoms with Crippen molar-refractivity contribution in [3.63, 3.8) is 0 Å². The number of hydrogen-bond donors (Lipinski definition) is 0. The highest BCUT2D eigenvalue weighted by molar-refractivity contribution is 5.85. The summed E-state index contributed by atoms with van der Waals surface area (Å²) >= 11 is 0. The minimum absolute atomic E-state index is 0.128. The van der Waals surface area contributed by atoms with E-state index in [1.165, 1.54) is 56.9 Å². The summed E-state index contributed by atoms with van der Waals surface area (Å²) in [5.74, 6) is 3.34. The van der Waals surface area contributed by atoms with Gasteiger partial charge in [-0.15, -0.1) is 0 Å². The van der Waals surface area contributed by atoms with Gasteiger partial charge in [0.05, 0.1) is 6.61 Å². The number of carbonyl (C=O) groups excluding carboxylic acids is 2. The molecule has 0 amide bonds. The topological polar surface area (TPSA) is 43.4 Å². The molecule has 0 unspecified atom stereocenters. The van der Waals surface area contributed by atoms with Gasteiger partial charge in [0.2, 0.25) is 0 Å². The summed E-state index contributed by atoms with van der Waals surface area (Å²) in [5.41, 5.74) is 2.12.